The number of fused-ring (bicyclic) bond motifs is 2. The topological polar surface area (TPSA) is 61.7 Å². The van der Waals surface area contributed by atoms with E-state index in [9.17, 15) is 4.79 Å². The summed E-state index contributed by atoms with van der Waals surface area (Å²) in [6, 6.07) is 14.6. The van der Waals surface area contributed by atoms with Gasteiger partial charge in [-0.1, -0.05) is 24.3 Å². The number of anilines is 1. The molecule has 0 aliphatic carbocycles. The molecule has 134 valence electrons. The molecule has 1 atom stereocenters. The summed E-state index contributed by atoms with van der Waals surface area (Å²) >= 11 is 0. The van der Waals surface area contributed by atoms with Crippen LogP contribution in [-0.4, -0.2) is 34.5 Å². The molecule has 3 aromatic rings. The number of hydrogen-bond donors (Lipinski definition) is 2. The van der Waals surface area contributed by atoms with Crippen LogP contribution in [0, 0.1) is 0 Å². The van der Waals surface area contributed by atoms with Crippen LogP contribution in [0.4, 0.5) is 10.5 Å². The number of aromatic nitrogens is 2. The Morgan fingerprint density at radius 3 is 2.92 bits per heavy atom. The highest BCUT2D eigenvalue weighted by molar-refractivity contribution is 5.73. The third-order valence-corrected chi connectivity index (χ3v) is 4.83. The number of hydrogen-bond acceptors (Lipinski definition) is 3. The van der Waals surface area contributed by atoms with E-state index in [1.807, 2.05) is 35.0 Å². The number of amides is 2. The van der Waals surface area contributed by atoms with Gasteiger partial charge in [-0.25, -0.2) is 9.78 Å². The smallest absolute Gasteiger partial charge is 0.315 e. The molecule has 4 rings (SSSR count). The number of pyridine rings is 1. The molecule has 6 heteroatoms. The van der Waals surface area contributed by atoms with Crippen LogP contribution < -0.4 is 15.5 Å². The van der Waals surface area contributed by atoms with E-state index in [0.717, 1.165) is 24.3 Å². The van der Waals surface area contributed by atoms with Crippen molar-refractivity contribution < 1.29 is 4.79 Å². The number of rotatable bonds is 5. The van der Waals surface area contributed by atoms with E-state index in [1.165, 1.54) is 11.3 Å². The Hall–Kier alpha value is -3.02. The second-order valence-corrected chi connectivity index (χ2v) is 6.68. The van der Waals surface area contributed by atoms with Gasteiger partial charge in [0.25, 0.3) is 0 Å². The molecule has 0 fully saturated rings. The van der Waals surface area contributed by atoms with Gasteiger partial charge in [-0.05, 0) is 37.1 Å². The SMILES string of the molecule is CC1Cc2ccccc2N1CCNC(=O)NCc1cn2ccccc2n1. The standard InChI is InChI=1S/C20H23N5O/c1-15-12-16-6-2-3-7-18(16)25(15)11-9-21-20(26)22-13-17-14-24-10-5-4-8-19(24)23-17/h2-8,10,14-15H,9,11-13H2,1H3,(H2,21,22,26). The highest BCUT2D eigenvalue weighted by Gasteiger charge is 2.24. The fraction of sp³-hybridized carbons (Fsp3) is 0.300. The summed E-state index contributed by atoms with van der Waals surface area (Å²) in [5, 5.41) is 5.81. The number of para-hydroxylation sites is 1. The van der Waals surface area contributed by atoms with Gasteiger partial charge >= 0.3 is 6.03 Å². The minimum Gasteiger partial charge on any atom is -0.367 e. The molecule has 1 aliphatic rings. The second-order valence-electron chi connectivity index (χ2n) is 6.68. The fourth-order valence-electron chi connectivity index (χ4n) is 3.57. The van der Waals surface area contributed by atoms with Crippen LogP contribution in [-0.2, 0) is 13.0 Å². The highest BCUT2D eigenvalue weighted by Crippen LogP contribution is 2.31. The summed E-state index contributed by atoms with van der Waals surface area (Å²) in [6.07, 6.45) is 4.94. The van der Waals surface area contributed by atoms with Crippen molar-refractivity contribution in [2.24, 2.45) is 0 Å². The zero-order valence-corrected chi connectivity index (χ0v) is 14.9. The normalized spacial score (nSPS) is 15.9. The molecular weight excluding hydrogens is 326 g/mol. The molecule has 0 bridgehead atoms. The maximum absolute atomic E-state index is 12.1. The molecule has 26 heavy (non-hydrogen) atoms. The number of urea groups is 1. The van der Waals surface area contributed by atoms with Crippen LogP contribution >= 0.6 is 0 Å². The van der Waals surface area contributed by atoms with E-state index in [1.54, 1.807) is 0 Å². The minimum absolute atomic E-state index is 0.165. The van der Waals surface area contributed by atoms with Gasteiger partial charge in [-0.2, -0.15) is 0 Å². The van der Waals surface area contributed by atoms with E-state index in [2.05, 4.69) is 51.7 Å². The van der Waals surface area contributed by atoms with Gasteiger partial charge in [-0.15, -0.1) is 0 Å². The molecule has 0 spiro atoms. The molecule has 2 aromatic heterocycles. The van der Waals surface area contributed by atoms with Crippen molar-refractivity contribution in [3.63, 3.8) is 0 Å². The number of carbonyl (C=O) groups excluding carboxylic acids is 1. The highest BCUT2D eigenvalue weighted by atomic mass is 16.2. The summed E-state index contributed by atoms with van der Waals surface area (Å²) in [5.41, 5.74) is 4.39. The van der Waals surface area contributed by atoms with Crippen LogP contribution in [0.15, 0.2) is 54.9 Å². The first kappa shape index (κ1) is 16.4. The summed E-state index contributed by atoms with van der Waals surface area (Å²) in [5.74, 6) is 0. The maximum Gasteiger partial charge on any atom is 0.315 e. The zero-order chi connectivity index (χ0) is 17.9. The first-order valence-electron chi connectivity index (χ1n) is 8.99. The average molecular weight is 349 g/mol. The van der Waals surface area contributed by atoms with Gasteiger partial charge in [0.15, 0.2) is 0 Å². The Labute approximate surface area is 152 Å². The lowest BCUT2D eigenvalue weighted by atomic mass is 10.1. The lowest BCUT2D eigenvalue weighted by Crippen LogP contribution is -2.41. The monoisotopic (exact) mass is 349 g/mol. The molecule has 2 amide bonds. The van der Waals surface area contributed by atoms with Gasteiger partial charge in [0.05, 0.1) is 12.2 Å². The predicted octanol–water partition coefficient (Wildman–Crippen LogP) is 2.58. The summed E-state index contributed by atoms with van der Waals surface area (Å²) < 4.78 is 1.95. The third kappa shape index (κ3) is 3.35. The number of nitrogens with zero attached hydrogens (tertiary/aromatic N) is 3. The Balaban J connectivity index is 1.25. The first-order valence-corrected chi connectivity index (χ1v) is 8.99. The third-order valence-electron chi connectivity index (χ3n) is 4.83. The van der Waals surface area contributed by atoms with Crippen LogP contribution in [0.25, 0.3) is 5.65 Å². The Kier molecular flexibility index (Phi) is 4.48. The average Bonchev–Trinajstić information content (AvgIpc) is 3.20. The molecular formula is C20H23N5O. The predicted molar refractivity (Wildman–Crippen MR) is 102 cm³/mol. The quantitative estimate of drug-likeness (QED) is 0.744. The van der Waals surface area contributed by atoms with Crippen molar-refractivity contribution in [1.29, 1.82) is 0 Å². The minimum atomic E-state index is -0.165. The zero-order valence-electron chi connectivity index (χ0n) is 14.9. The van der Waals surface area contributed by atoms with Crippen LogP contribution in [0.2, 0.25) is 0 Å². The van der Waals surface area contributed by atoms with Crippen LogP contribution in [0.3, 0.4) is 0 Å². The summed E-state index contributed by atoms with van der Waals surface area (Å²) in [7, 11) is 0. The van der Waals surface area contributed by atoms with Crippen molar-refractivity contribution in [2.75, 3.05) is 18.0 Å². The molecule has 1 unspecified atom stereocenters. The van der Waals surface area contributed by atoms with Gasteiger partial charge in [0.2, 0.25) is 0 Å². The fourth-order valence-corrected chi connectivity index (χ4v) is 3.57. The molecule has 1 aliphatic heterocycles. The number of benzene rings is 1. The van der Waals surface area contributed by atoms with Gasteiger partial charge in [0.1, 0.15) is 5.65 Å². The molecule has 0 radical (unpaired) electrons. The van der Waals surface area contributed by atoms with Crippen LogP contribution in [0.1, 0.15) is 18.2 Å². The van der Waals surface area contributed by atoms with Crippen molar-refractivity contribution >= 4 is 17.4 Å². The number of carbonyl (C=O) groups is 1. The van der Waals surface area contributed by atoms with E-state index >= 15 is 0 Å². The lowest BCUT2D eigenvalue weighted by molar-refractivity contribution is 0.240. The first-order chi connectivity index (χ1) is 12.7. The van der Waals surface area contributed by atoms with Gasteiger partial charge in [0, 0.05) is 37.2 Å². The van der Waals surface area contributed by atoms with Crippen LogP contribution in [0.5, 0.6) is 0 Å². The van der Waals surface area contributed by atoms with E-state index < -0.39 is 0 Å². The van der Waals surface area contributed by atoms with Gasteiger partial charge in [-0.3, -0.25) is 0 Å². The van der Waals surface area contributed by atoms with Crippen molar-refractivity contribution in [1.82, 2.24) is 20.0 Å². The lowest BCUT2D eigenvalue weighted by Gasteiger charge is -2.25. The number of nitrogens with one attached hydrogen (secondary N) is 2. The van der Waals surface area contributed by atoms with E-state index in [0.29, 0.717) is 19.1 Å². The Morgan fingerprint density at radius 2 is 2.04 bits per heavy atom. The molecule has 6 nitrogen and oxygen atoms in total. The Morgan fingerprint density at radius 1 is 1.19 bits per heavy atom. The molecule has 0 saturated carbocycles. The molecule has 0 saturated heterocycles. The largest absolute Gasteiger partial charge is 0.367 e. The Bertz CT molecular complexity index is 886. The molecule has 3 heterocycles. The second kappa shape index (κ2) is 7.07. The van der Waals surface area contributed by atoms with E-state index in [-0.39, 0.29) is 6.03 Å². The van der Waals surface area contributed by atoms with Gasteiger partial charge < -0.3 is 19.9 Å². The summed E-state index contributed by atoms with van der Waals surface area (Å²) in [4.78, 5) is 18.9. The van der Waals surface area contributed by atoms with Crippen molar-refractivity contribution in [2.45, 2.75) is 25.9 Å². The maximum atomic E-state index is 12.1. The van der Waals surface area contributed by atoms with E-state index in [4.69, 9.17) is 0 Å². The molecule has 1 aromatic carbocycles. The summed E-state index contributed by atoms with van der Waals surface area (Å²) in [6.45, 7) is 4.05. The molecule has 2 N–H and O–H groups in total. The van der Waals surface area contributed by atoms with Crippen molar-refractivity contribution in [3.8, 4) is 0 Å². The number of imidazole rings is 1. The van der Waals surface area contributed by atoms with Crippen molar-refractivity contribution in [3.05, 3.63) is 66.1 Å².